The molecular formula is C17H27NO2. The molecule has 1 fully saturated rings. The molecule has 1 atom stereocenters. The van der Waals surface area contributed by atoms with Crippen molar-refractivity contribution in [2.24, 2.45) is 5.41 Å². The van der Waals surface area contributed by atoms with Crippen molar-refractivity contribution in [3.63, 3.8) is 0 Å². The molecule has 112 valence electrons. The summed E-state index contributed by atoms with van der Waals surface area (Å²) >= 11 is 0. The zero-order chi connectivity index (χ0) is 14.4. The molecule has 0 radical (unpaired) electrons. The number of hydrogen-bond acceptors (Lipinski definition) is 3. The molecule has 1 aromatic rings. The van der Waals surface area contributed by atoms with Gasteiger partial charge in [-0.1, -0.05) is 43.7 Å². The van der Waals surface area contributed by atoms with E-state index in [9.17, 15) is 5.11 Å². The van der Waals surface area contributed by atoms with Crippen LogP contribution in [0.2, 0.25) is 0 Å². The van der Waals surface area contributed by atoms with Gasteiger partial charge in [0.1, 0.15) is 0 Å². The largest absolute Gasteiger partial charge is 0.396 e. The number of aliphatic hydroxyl groups is 1. The van der Waals surface area contributed by atoms with E-state index in [0.717, 1.165) is 13.1 Å². The smallest absolute Gasteiger partial charge is 0.0579 e. The Morgan fingerprint density at radius 1 is 1.30 bits per heavy atom. The Hall–Kier alpha value is -0.900. The zero-order valence-corrected chi connectivity index (χ0v) is 12.7. The van der Waals surface area contributed by atoms with Gasteiger partial charge in [-0.05, 0) is 25.5 Å². The van der Waals surface area contributed by atoms with Crippen molar-refractivity contribution in [2.75, 3.05) is 32.9 Å². The predicted octanol–water partition coefficient (Wildman–Crippen LogP) is 2.86. The van der Waals surface area contributed by atoms with Gasteiger partial charge in [0, 0.05) is 12.6 Å². The predicted molar refractivity (Wildman–Crippen MR) is 81.7 cm³/mol. The van der Waals surface area contributed by atoms with Crippen molar-refractivity contribution in [1.82, 2.24) is 4.90 Å². The molecule has 1 aromatic carbocycles. The van der Waals surface area contributed by atoms with E-state index >= 15 is 0 Å². The Morgan fingerprint density at radius 2 is 2.00 bits per heavy atom. The summed E-state index contributed by atoms with van der Waals surface area (Å²) in [5, 5.41) is 9.66. The maximum Gasteiger partial charge on any atom is 0.0579 e. The molecule has 0 spiro atoms. The van der Waals surface area contributed by atoms with Crippen LogP contribution >= 0.6 is 0 Å². The highest BCUT2D eigenvalue weighted by atomic mass is 16.5. The lowest BCUT2D eigenvalue weighted by Gasteiger charge is -2.45. The number of ether oxygens (including phenoxy) is 1. The van der Waals surface area contributed by atoms with Crippen LogP contribution in [-0.4, -0.2) is 42.9 Å². The molecule has 1 saturated heterocycles. The molecule has 0 saturated carbocycles. The minimum absolute atomic E-state index is 0.0449. The van der Waals surface area contributed by atoms with E-state index in [1.165, 1.54) is 18.4 Å². The number of hydrogen-bond donors (Lipinski definition) is 1. The van der Waals surface area contributed by atoms with E-state index in [1.54, 1.807) is 0 Å². The minimum Gasteiger partial charge on any atom is -0.396 e. The highest BCUT2D eigenvalue weighted by Crippen LogP contribution is 2.31. The van der Waals surface area contributed by atoms with Crippen LogP contribution in [0.4, 0.5) is 0 Å². The molecule has 0 aliphatic carbocycles. The van der Waals surface area contributed by atoms with Crippen molar-refractivity contribution in [1.29, 1.82) is 0 Å². The van der Waals surface area contributed by atoms with E-state index in [1.807, 2.05) is 0 Å². The molecule has 1 heterocycles. The first-order valence-corrected chi connectivity index (χ1v) is 7.68. The Balaban J connectivity index is 2.06. The molecule has 3 heteroatoms. The summed E-state index contributed by atoms with van der Waals surface area (Å²) in [5.74, 6) is 0. The van der Waals surface area contributed by atoms with E-state index in [-0.39, 0.29) is 12.0 Å². The lowest BCUT2D eigenvalue weighted by Crippen LogP contribution is -2.53. The molecular weight excluding hydrogens is 250 g/mol. The quantitative estimate of drug-likeness (QED) is 0.793. The lowest BCUT2D eigenvalue weighted by atomic mass is 9.85. The third-order valence-electron chi connectivity index (χ3n) is 4.32. The van der Waals surface area contributed by atoms with Crippen molar-refractivity contribution >= 4 is 0 Å². The normalized spacial score (nSPS) is 18.8. The second kappa shape index (κ2) is 7.21. The molecule has 1 aliphatic rings. The van der Waals surface area contributed by atoms with Crippen LogP contribution in [0.15, 0.2) is 30.3 Å². The van der Waals surface area contributed by atoms with Gasteiger partial charge in [-0.25, -0.2) is 0 Å². The molecule has 1 N–H and O–H groups in total. The lowest BCUT2D eigenvalue weighted by molar-refractivity contribution is -0.151. The van der Waals surface area contributed by atoms with Crippen LogP contribution in [0, 0.1) is 5.41 Å². The molecule has 2 rings (SSSR count). The Labute approximate surface area is 122 Å². The van der Waals surface area contributed by atoms with Crippen LogP contribution in [0.3, 0.4) is 0 Å². The van der Waals surface area contributed by atoms with Crippen molar-refractivity contribution in [2.45, 2.75) is 32.7 Å². The number of rotatable bonds is 8. The summed E-state index contributed by atoms with van der Waals surface area (Å²) in [6, 6.07) is 11.0. The van der Waals surface area contributed by atoms with Gasteiger partial charge in [0.2, 0.25) is 0 Å². The molecule has 0 amide bonds. The molecule has 1 unspecified atom stereocenters. The van der Waals surface area contributed by atoms with Crippen molar-refractivity contribution in [3.8, 4) is 0 Å². The van der Waals surface area contributed by atoms with Gasteiger partial charge in [-0.2, -0.15) is 0 Å². The fourth-order valence-electron chi connectivity index (χ4n) is 2.77. The van der Waals surface area contributed by atoms with Crippen molar-refractivity contribution in [3.05, 3.63) is 35.9 Å². The Morgan fingerprint density at radius 3 is 2.50 bits per heavy atom. The first-order chi connectivity index (χ1) is 9.71. The van der Waals surface area contributed by atoms with Gasteiger partial charge in [0.15, 0.2) is 0 Å². The maximum atomic E-state index is 9.66. The second-order valence-electron chi connectivity index (χ2n) is 6.06. The van der Waals surface area contributed by atoms with E-state index < -0.39 is 0 Å². The van der Waals surface area contributed by atoms with Crippen LogP contribution in [-0.2, 0) is 4.74 Å². The van der Waals surface area contributed by atoms with Crippen LogP contribution in [0.5, 0.6) is 0 Å². The molecule has 3 nitrogen and oxygen atoms in total. The molecule has 1 aliphatic heterocycles. The highest BCUT2D eigenvalue weighted by Gasteiger charge is 2.40. The molecule has 0 aromatic heterocycles. The summed E-state index contributed by atoms with van der Waals surface area (Å²) in [6.45, 7) is 8.07. The fraction of sp³-hybridized carbons (Fsp3) is 0.647. The third-order valence-corrected chi connectivity index (χ3v) is 4.32. The zero-order valence-electron chi connectivity index (χ0n) is 12.7. The number of nitrogens with zero attached hydrogens (tertiary/aromatic N) is 1. The Bertz CT molecular complexity index is 384. The molecule has 0 bridgehead atoms. The number of aliphatic hydroxyl groups excluding tert-OH is 1. The fourth-order valence-corrected chi connectivity index (χ4v) is 2.77. The van der Waals surface area contributed by atoms with Gasteiger partial charge >= 0.3 is 0 Å². The van der Waals surface area contributed by atoms with Gasteiger partial charge in [0.05, 0.1) is 25.2 Å². The van der Waals surface area contributed by atoms with Crippen LogP contribution in [0.25, 0.3) is 0 Å². The monoisotopic (exact) mass is 277 g/mol. The van der Waals surface area contributed by atoms with E-state index in [2.05, 4.69) is 49.1 Å². The average molecular weight is 277 g/mol. The van der Waals surface area contributed by atoms with Gasteiger partial charge in [-0.3, -0.25) is 4.90 Å². The average Bonchev–Trinajstić information content (AvgIpc) is 2.46. The summed E-state index contributed by atoms with van der Waals surface area (Å²) in [4.78, 5) is 2.50. The summed E-state index contributed by atoms with van der Waals surface area (Å²) in [7, 11) is 0. The summed E-state index contributed by atoms with van der Waals surface area (Å²) < 4.78 is 5.33. The van der Waals surface area contributed by atoms with E-state index in [4.69, 9.17) is 4.74 Å². The standard InChI is InChI=1S/C17H27NO2/c1-3-4-10-18(11-17(12-19)13-20-14-17)15(2)16-8-6-5-7-9-16/h5-9,15,19H,3-4,10-14H2,1-2H3. The summed E-state index contributed by atoms with van der Waals surface area (Å²) in [6.07, 6.45) is 2.39. The highest BCUT2D eigenvalue weighted by molar-refractivity contribution is 5.18. The minimum atomic E-state index is -0.0449. The van der Waals surface area contributed by atoms with Gasteiger partial charge < -0.3 is 9.84 Å². The molecule has 20 heavy (non-hydrogen) atoms. The number of unbranched alkanes of at least 4 members (excludes halogenated alkanes) is 1. The van der Waals surface area contributed by atoms with Crippen molar-refractivity contribution < 1.29 is 9.84 Å². The van der Waals surface area contributed by atoms with Crippen LogP contribution < -0.4 is 0 Å². The maximum absolute atomic E-state index is 9.66. The second-order valence-corrected chi connectivity index (χ2v) is 6.06. The third kappa shape index (κ3) is 3.60. The summed E-state index contributed by atoms with van der Waals surface area (Å²) in [5.41, 5.74) is 1.30. The first-order valence-electron chi connectivity index (χ1n) is 7.68. The van der Waals surface area contributed by atoms with E-state index in [0.29, 0.717) is 19.3 Å². The topological polar surface area (TPSA) is 32.7 Å². The van der Waals surface area contributed by atoms with Gasteiger partial charge in [-0.15, -0.1) is 0 Å². The van der Waals surface area contributed by atoms with Gasteiger partial charge in [0.25, 0.3) is 0 Å². The number of benzene rings is 1. The Kier molecular flexibility index (Phi) is 5.58. The SMILES string of the molecule is CCCCN(CC1(CO)COC1)C(C)c1ccccc1. The van der Waals surface area contributed by atoms with Crippen LogP contribution in [0.1, 0.15) is 38.3 Å². The first kappa shape index (κ1) is 15.5.